The number of carbonyl (C=O) groups is 8. The summed E-state index contributed by atoms with van der Waals surface area (Å²) >= 11 is 0. The second-order valence-electron chi connectivity index (χ2n) is 20.4. The number of ether oxygens (including phenoxy) is 2. The first-order chi connectivity index (χ1) is 36.1. The molecular weight excluding hydrogens is 997 g/mol. The van der Waals surface area contributed by atoms with Gasteiger partial charge in [0.2, 0.25) is 35.4 Å². The van der Waals surface area contributed by atoms with Gasteiger partial charge in [0.05, 0.1) is 24.9 Å². The molecule has 428 valence electrons. The number of unbranched alkanes of at least 4 members (excludes halogenated alkanes) is 7. The Morgan fingerprint density at radius 2 is 1.39 bits per heavy atom. The molecule has 9 amide bonds. The summed E-state index contributed by atoms with van der Waals surface area (Å²) in [7, 11) is 2.24. The lowest BCUT2D eigenvalue weighted by Gasteiger charge is -2.33. The molecule has 0 aromatic heterocycles. The van der Waals surface area contributed by atoms with Gasteiger partial charge in [0, 0.05) is 52.5 Å². The number of phenolic OH excluding ortho intramolecular Hbond substituents is 1. The van der Waals surface area contributed by atoms with Gasteiger partial charge in [-0.25, -0.2) is 4.79 Å². The van der Waals surface area contributed by atoms with E-state index in [1.165, 1.54) is 44.0 Å². The number of fused-ring (bicyclic) bond motifs is 2. The maximum atomic E-state index is 14.3. The van der Waals surface area contributed by atoms with Crippen LogP contribution in [0.2, 0.25) is 0 Å². The third-order valence-electron chi connectivity index (χ3n) is 14.5. The van der Waals surface area contributed by atoms with Crippen molar-refractivity contribution in [3.63, 3.8) is 0 Å². The summed E-state index contributed by atoms with van der Waals surface area (Å²) in [5, 5.41) is 90.5. The number of urea groups is 1. The molecule has 1 aromatic rings. The summed E-state index contributed by atoms with van der Waals surface area (Å²) < 4.78 is 10.9. The maximum Gasteiger partial charge on any atom is 0.322 e. The minimum atomic E-state index is -2.14. The summed E-state index contributed by atoms with van der Waals surface area (Å²) in [4.78, 5) is 114. The quantitative estimate of drug-likeness (QED) is 0.0656. The SMILES string of the molecule is CCC(C)CCCCCCCCCCC(=O)N[C@H]1C[C@@H](O)[C@@H](OC)NC(=O)C2[C@@H](O)[C@@H](C)CN2C(=O)C(CO)NC(=O)C([C@H](O)C(OC)c2ccc(O)cc2)NC(=O)NC(=O)[C@@H]2C[C@@H](O)CN2C(=O)[C@H]([C@@H](C)O)NC1=O. The van der Waals surface area contributed by atoms with Crippen molar-refractivity contribution in [2.75, 3.05) is 33.9 Å². The molecule has 25 heteroatoms. The Morgan fingerprint density at radius 3 is 1.99 bits per heavy atom. The van der Waals surface area contributed by atoms with Gasteiger partial charge in [0.1, 0.15) is 60.3 Å². The van der Waals surface area contributed by atoms with Gasteiger partial charge in [-0.1, -0.05) is 90.7 Å². The number of amides is 9. The Balaban J connectivity index is 1.68. The van der Waals surface area contributed by atoms with E-state index in [-0.39, 0.29) is 24.3 Å². The Kier molecular flexibility index (Phi) is 25.2. The Morgan fingerprint density at radius 1 is 0.763 bits per heavy atom. The predicted octanol–water partition coefficient (Wildman–Crippen LogP) is -1.57. The average Bonchev–Trinajstić information content (AvgIpc) is 3.93. The van der Waals surface area contributed by atoms with Gasteiger partial charge in [-0.05, 0) is 37.0 Å². The average molecular weight is 1080 g/mol. The highest BCUT2D eigenvalue weighted by atomic mass is 16.5. The van der Waals surface area contributed by atoms with Crippen LogP contribution in [0.15, 0.2) is 24.3 Å². The van der Waals surface area contributed by atoms with Gasteiger partial charge >= 0.3 is 6.03 Å². The Bertz CT molecular complexity index is 2100. The van der Waals surface area contributed by atoms with E-state index in [4.69, 9.17) is 9.47 Å². The smallest absolute Gasteiger partial charge is 0.322 e. The van der Waals surface area contributed by atoms with Crippen molar-refractivity contribution >= 4 is 47.4 Å². The van der Waals surface area contributed by atoms with E-state index in [2.05, 4.69) is 40.4 Å². The molecule has 0 saturated carbocycles. The van der Waals surface area contributed by atoms with Crippen LogP contribution in [0.5, 0.6) is 5.75 Å². The second-order valence-corrected chi connectivity index (χ2v) is 20.4. The van der Waals surface area contributed by atoms with Crippen molar-refractivity contribution in [3.05, 3.63) is 29.8 Å². The molecule has 0 radical (unpaired) electrons. The number of aromatic hydroxyl groups is 1. The molecule has 3 aliphatic rings. The van der Waals surface area contributed by atoms with E-state index in [1.807, 2.05) is 5.32 Å². The highest BCUT2D eigenvalue weighted by molar-refractivity contribution is 6.02. The van der Waals surface area contributed by atoms with Crippen molar-refractivity contribution in [1.29, 1.82) is 0 Å². The Hall–Kier alpha value is -5.54. The van der Waals surface area contributed by atoms with E-state index < -0.39 is 158 Å². The van der Waals surface area contributed by atoms with Crippen LogP contribution in [0, 0.1) is 11.8 Å². The standard InChI is InChI=1S/C51H82N8O17/c1-7-27(2)16-14-12-10-8-9-11-13-15-17-37(65)52-33-23-36(64)48(76-6)56-47(71)40-41(66)28(3)24-59(40)49(72)34(26-60)53-46(70)39(42(67)43(75-5)30-18-20-31(62)21-19-30)55-51(74)57-45(69)35-22-32(63)25-58(35)50(73)38(29(4)61)54-44(33)68/h18-21,27-29,32-36,38-43,48,60-64,66-67H,7-17,22-26H2,1-6H3,(H,52,65)(H,53,70)(H,54,68)(H,56,71)(H2,55,57,69,74)/t27?,28-,29+,32+,33-,34?,35-,36+,38-,39?,40?,41-,42-,43?,48+/m0/s1. The molecular formula is C51H82N8O17. The van der Waals surface area contributed by atoms with Crippen molar-refractivity contribution in [1.82, 2.24) is 41.7 Å². The molecule has 13 N–H and O–H groups in total. The molecule has 4 rings (SSSR count). The van der Waals surface area contributed by atoms with Crippen molar-refractivity contribution in [2.45, 2.75) is 190 Å². The second kappa shape index (κ2) is 30.4. The number of phenols is 1. The monoisotopic (exact) mass is 1080 g/mol. The van der Waals surface area contributed by atoms with Crippen LogP contribution in [0.25, 0.3) is 0 Å². The van der Waals surface area contributed by atoms with Crippen LogP contribution in [0.4, 0.5) is 4.79 Å². The van der Waals surface area contributed by atoms with Gasteiger partial charge in [-0.3, -0.25) is 38.9 Å². The molecule has 3 fully saturated rings. The molecule has 15 atom stereocenters. The van der Waals surface area contributed by atoms with Crippen LogP contribution in [0.3, 0.4) is 0 Å². The lowest BCUT2D eigenvalue weighted by molar-refractivity contribution is -0.147. The molecule has 3 aliphatic heterocycles. The zero-order valence-electron chi connectivity index (χ0n) is 44.4. The van der Waals surface area contributed by atoms with E-state index in [0.717, 1.165) is 69.5 Å². The van der Waals surface area contributed by atoms with Gasteiger partial charge in [-0.15, -0.1) is 0 Å². The topological polar surface area (TPSA) is 375 Å². The molecule has 0 spiro atoms. The molecule has 0 bridgehead atoms. The first-order valence-corrected chi connectivity index (χ1v) is 26.4. The maximum absolute atomic E-state index is 14.3. The third-order valence-corrected chi connectivity index (χ3v) is 14.5. The number of hydrogen-bond acceptors (Lipinski definition) is 17. The van der Waals surface area contributed by atoms with E-state index in [1.54, 1.807) is 0 Å². The molecule has 5 unspecified atom stereocenters. The van der Waals surface area contributed by atoms with Crippen molar-refractivity contribution in [3.8, 4) is 5.75 Å². The minimum absolute atomic E-state index is 0.0317. The number of nitrogens with zero attached hydrogens (tertiary/aromatic N) is 2. The largest absolute Gasteiger partial charge is 0.508 e. The summed E-state index contributed by atoms with van der Waals surface area (Å²) in [5.41, 5.74) is 0.174. The highest BCUT2D eigenvalue weighted by Gasteiger charge is 2.49. The molecule has 1 aromatic carbocycles. The minimum Gasteiger partial charge on any atom is -0.508 e. The normalized spacial score (nSPS) is 29.2. The lowest BCUT2D eigenvalue weighted by atomic mass is 9.97. The number of methoxy groups -OCH3 is 2. The van der Waals surface area contributed by atoms with Crippen LogP contribution in [-0.2, 0) is 43.0 Å². The number of nitrogens with one attached hydrogen (secondary N) is 6. The van der Waals surface area contributed by atoms with Crippen molar-refractivity contribution in [2.24, 2.45) is 11.8 Å². The summed E-state index contributed by atoms with van der Waals surface area (Å²) in [6.07, 6.45) is -2.95. The van der Waals surface area contributed by atoms with E-state index in [9.17, 15) is 74.1 Å². The van der Waals surface area contributed by atoms with E-state index in [0.29, 0.717) is 18.8 Å². The fraction of sp³-hybridized carbons (Fsp3) is 0.725. The predicted molar refractivity (Wildman–Crippen MR) is 271 cm³/mol. The third kappa shape index (κ3) is 17.5. The summed E-state index contributed by atoms with van der Waals surface area (Å²) in [6, 6.07) is -7.28. The first-order valence-electron chi connectivity index (χ1n) is 26.4. The number of aliphatic hydroxyl groups is 6. The zero-order valence-corrected chi connectivity index (χ0v) is 44.4. The van der Waals surface area contributed by atoms with Crippen LogP contribution in [-0.4, -0.2) is 200 Å². The lowest BCUT2D eigenvalue weighted by Crippen LogP contribution is -2.63. The number of rotatable bonds is 20. The summed E-state index contributed by atoms with van der Waals surface area (Å²) in [6.45, 7) is 5.12. The molecule has 3 saturated heterocycles. The molecule has 25 nitrogen and oxygen atoms in total. The Labute approximate surface area is 443 Å². The van der Waals surface area contributed by atoms with Gasteiger partial charge in [0.25, 0.3) is 5.91 Å². The zero-order chi connectivity index (χ0) is 56.4. The van der Waals surface area contributed by atoms with Gasteiger partial charge in [0.15, 0.2) is 6.23 Å². The van der Waals surface area contributed by atoms with Crippen LogP contribution in [0.1, 0.15) is 123 Å². The number of benzene rings is 1. The van der Waals surface area contributed by atoms with Crippen molar-refractivity contribution < 1.29 is 83.6 Å². The summed E-state index contributed by atoms with van der Waals surface area (Å²) in [5.74, 6) is -7.85. The highest BCUT2D eigenvalue weighted by Crippen LogP contribution is 2.28. The first kappa shape index (κ1) is 63.0. The number of carbonyl (C=O) groups excluding carboxylic acids is 8. The van der Waals surface area contributed by atoms with Gasteiger partial charge in [-0.2, -0.15) is 0 Å². The number of imide groups is 1. The number of hydrogen-bond donors (Lipinski definition) is 13. The van der Waals surface area contributed by atoms with E-state index >= 15 is 0 Å². The van der Waals surface area contributed by atoms with Gasteiger partial charge < -0.3 is 81.6 Å². The fourth-order valence-corrected chi connectivity index (χ4v) is 9.76. The molecule has 3 heterocycles. The van der Waals surface area contributed by atoms with Crippen LogP contribution >= 0.6 is 0 Å². The molecule has 76 heavy (non-hydrogen) atoms. The molecule has 0 aliphatic carbocycles. The van der Waals surface area contributed by atoms with Crippen LogP contribution < -0.4 is 31.9 Å². The fourth-order valence-electron chi connectivity index (χ4n) is 9.76. The number of aliphatic hydroxyl groups excluding tert-OH is 6.